The molecule has 0 amide bonds. The summed E-state index contributed by atoms with van der Waals surface area (Å²) in [6.45, 7) is 0.338. The lowest BCUT2D eigenvalue weighted by Crippen LogP contribution is -2.22. The molecule has 1 unspecified atom stereocenters. The molecule has 3 aromatic rings. The molecule has 0 saturated heterocycles. The van der Waals surface area contributed by atoms with E-state index in [2.05, 4.69) is 5.32 Å². The van der Waals surface area contributed by atoms with Crippen molar-refractivity contribution in [1.82, 2.24) is 5.32 Å². The Morgan fingerprint density at radius 2 is 2.12 bits per heavy atom. The van der Waals surface area contributed by atoms with Gasteiger partial charge in [-0.05, 0) is 30.2 Å². The molecule has 0 aliphatic rings. The van der Waals surface area contributed by atoms with Crippen LogP contribution in [0.15, 0.2) is 50.2 Å². The monoisotopic (exact) mass is 349 g/mol. The van der Waals surface area contributed by atoms with Gasteiger partial charge in [-0.3, -0.25) is 0 Å². The number of aromatic hydroxyl groups is 1. The highest BCUT2D eigenvalue weighted by molar-refractivity contribution is 6.32. The molecule has 3 rings (SSSR count). The van der Waals surface area contributed by atoms with Gasteiger partial charge in [0.05, 0.1) is 17.3 Å². The molecular formula is C17H16ClNO5. The second-order valence-corrected chi connectivity index (χ2v) is 5.76. The number of aliphatic hydroxyl groups excluding tert-OH is 1. The molecule has 0 aliphatic heterocycles. The van der Waals surface area contributed by atoms with E-state index in [0.717, 1.165) is 0 Å². The molecule has 1 atom stereocenters. The number of aliphatic hydroxyl groups is 1. The maximum atomic E-state index is 11.7. The highest BCUT2D eigenvalue weighted by Gasteiger charge is 2.15. The molecule has 0 aliphatic carbocycles. The summed E-state index contributed by atoms with van der Waals surface area (Å²) < 4.78 is 10.5. The van der Waals surface area contributed by atoms with Crippen molar-refractivity contribution in [2.45, 2.75) is 19.0 Å². The molecule has 0 fully saturated rings. The first kappa shape index (κ1) is 16.6. The Kier molecular flexibility index (Phi) is 4.89. The minimum absolute atomic E-state index is 0.00422. The minimum atomic E-state index is -0.516. The Bertz CT molecular complexity index is 888. The van der Waals surface area contributed by atoms with Gasteiger partial charge >= 0.3 is 5.63 Å². The number of hydrogen-bond acceptors (Lipinski definition) is 6. The van der Waals surface area contributed by atoms with Gasteiger partial charge in [-0.15, -0.1) is 0 Å². The van der Waals surface area contributed by atoms with Crippen LogP contribution in [0, 0.1) is 0 Å². The second kappa shape index (κ2) is 7.09. The third kappa shape index (κ3) is 3.46. The van der Waals surface area contributed by atoms with Crippen molar-refractivity contribution < 1.29 is 19.0 Å². The van der Waals surface area contributed by atoms with E-state index in [4.69, 9.17) is 20.4 Å². The molecular weight excluding hydrogens is 334 g/mol. The summed E-state index contributed by atoms with van der Waals surface area (Å²) in [4.78, 5) is 11.7. The predicted octanol–water partition coefficient (Wildman–Crippen LogP) is 2.96. The van der Waals surface area contributed by atoms with Crippen molar-refractivity contribution in [2.75, 3.05) is 6.61 Å². The number of hydrogen-bond donors (Lipinski definition) is 3. The molecule has 2 aromatic heterocycles. The molecule has 7 heteroatoms. The van der Waals surface area contributed by atoms with Crippen LogP contribution in [0.3, 0.4) is 0 Å². The van der Waals surface area contributed by atoms with Crippen molar-refractivity contribution in [1.29, 1.82) is 0 Å². The van der Waals surface area contributed by atoms with Gasteiger partial charge < -0.3 is 24.4 Å². The molecule has 24 heavy (non-hydrogen) atoms. The molecule has 0 saturated carbocycles. The average Bonchev–Trinajstić information content (AvgIpc) is 3.07. The third-order valence-electron chi connectivity index (χ3n) is 3.74. The fourth-order valence-electron chi connectivity index (χ4n) is 2.58. The normalized spacial score (nSPS) is 12.6. The Hall–Kier alpha value is -2.28. The SMILES string of the molecule is O=c1cc(CNC(CCO)c2ccco2)c2cc(Cl)c(O)cc2o1. The van der Waals surface area contributed by atoms with Crippen LogP contribution in [0.2, 0.25) is 5.02 Å². The van der Waals surface area contributed by atoms with Crippen molar-refractivity contribution in [3.8, 4) is 5.75 Å². The van der Waals surface area contributed by atoms with Gasteiger partial charge in [0.25, 0.3) is 0 Å². The number of fused-ring (bicyclic) bond motifs is 1. The van der Waals surface area contributed by atoms with Crippen LogP contribution in [0.1, 0.15) is 23.8 Å². The van der Waals surface area contributed by atoms with Crippen LogP contribution < -0.4 is 10.9 Å². The quantitative estimate of drug-likeness (QED) is 0.592. The van der Waals surface area contributed by atoms with Gasteiger partial charge in [0, 0.05) is 30.7 Å². The summed E-state index contributed by atoms with van der Waals surface area (Å²) in [5, 5.41) is 22.9. The number of furan rings is 1. The maximum Gasteiger partial charge on any atom is 0.336 e. The van der Waals surface area contributed by atoms with Crippen molar-refractivity contribution in [3.63, 3.8) is 0 Å². The molecule has 0 spiro atoms. The van der Waals surface area contributed by atoms with Crippen LogP contribution in [-0.4, -0.2) is 16.8 Å². The highest BCUT2D eigenvalue weighted by atomic mass is 35.5. The summed E-state index contributed by atoms with van der Waals surface area (Å²) >= 11 is 5.95. The second-order valence-electron chi connectivity index (χ2n) is 5.35. The molecule has 3 N–H and O–H groups in total. The van der Waals surface area contributed by atoms with Crippen LogP contribution in [-0.2, 0) is 6.54 Å². The molecule has 0 bridgehead atoms. The number of benzene rings is 1. The first-order chi connectivity index (χ1) is 11.6. The van der Waals surface area contributed by atoms with Crippen LogP contribution in [0.5, 0.6) is 5.75 Å². The van der Waals surface area contributed by atoms with E-state index in [9.17, 15) is 15.0 Å². The van der Waals surface area contributed by atoms with Crippen LogP contribution >= 0.6 is 11.6 Å². The van der Waals surface area contributed by atoms with E-state index in [-0.39, 0.29) is 29.0 Å². The number of halogens is 1. The number of nitrogens with one attached hydrogen (secondary N) is 1. The summed E-state index contributed by atoms with van der Waals surface area (Å²) in [6, 6.07) is 7.65. The number of phenols is 1. The molecule has 2 heterocycles. The Morgan fingerprint density at radius 1 is 1.29 bits per heavy atom. The fraction of sp³-hybridized carbons (Fsp3) is 0.235. The van der Waals surface area contributed by atoms with E-state index in [1.165, 1.54) is 12.1 Å². The largest absolute Gasteiger partial charge is 0.506 e. The zero-order valence-electron chi connectivity index (χ0n) is 12.7. The zero-order valence-corrected chi connectivity index (χ0v) is 13.4. The first-order valence-corrected chi connectivity index (χ1v) is 7.79. The van der Waals surface area contributed by atoms with E-state index in [1.807, 2.05) is 6.07 Å². The van der Waals surface area contributed by atoms with Gasteiger partial charge in [0.1, 0.15) is 17.1 Å². The van der Waals surface area contributed by atoms with Crippen molar-refractivity contribution in [2.24, 2.45) is 0 Å². The zero-order chi connectivity index (χ0) is 17.1. The smallest absolute Gasteiger partial charge is 0.336 e. The topological polar surface area (TPSA) is 95.8 Å². The lowest BCUT2D eigenvalue weighted by molar-refractivity contribution is 0.254. The minimum Gasteiger partial charge on any atom is -0.506 e. The molecule has 1 aromatic carbocycles. The van der Waals surface area contributed by atoms with Gasteiger partial charge in [0.2, 0.25) is 0 Å². The van der Waals surface area contributed by atoms with Crippen LogP contribution in [0.25, 0.3) is 11.0 Å². The summed E-state index contributed by atoms with van der Waals surface area (Å²) in [5.41, 5.74) is 0.424. The highest BCUT2D eigenvalue weighted by Crippen LogP contribution is 2.30. The standard InChI is InChI=1S/C17H16ClNO5/c18-12-7-11-10(6-17(22)24-16(11)8-14(12)21)9-19-13(3-4-20)15-2-1-5-23-15/h1-2,5-8,13,19-21H,3-4,9H2. The van der Waals surface area contributed by atoms with Crippen molar-refractivity contribution in [3.05, 3.63) is 63.4 Å². The number of phenolic OH excluding ortho intramolecular Hbond substituents is 1. The Morgan fingerprint density at radius 3 is 2.83 bits per heavy atom. The van der Waals surface area contributed by atoms with E-state index in [1.54, 1.807) is 18.4 Å². The molecule has 126 valence electrons. The average molecular weight is 350 g/mol. The van der Waals surface area contributed by atoms with E-state index >= 15 is 0 Å². The third-order valence-corrected chi connectivity index (χ3v) is 4.04. The van der Waals surface area contributed by atoms with E-state index in [0.29, 0.717) is 29.7 Å². The van der Waals surface area contributed by atoms with Gasteiger partial charge in [0.15, 0.2) is 0 Å². The predicted molar refractivity (Wildman–Crippen MR) is 89.2 cm³/mol. The van der Waals surface area contributed by atoms with Gasteiger partial charge in [-0.25, -0.2) is 4.79 Å². The number of rotatable bonds is 6. The van der Waals surface area contributed by atoms with Gasteiger partial charge in [-0.2, -0.15) is 0 Å². The summed E-state index contributed by atoms with van der Waals surface area (Å²) in [7, 11) is 0. The van der Waals surface area contributed by atoms with Crippen molar-refractivity contribution >= 4 is 22.6 Å². The Labute approximate surface area is 142 Å². The van der Waals surface area contributed by atoms with E-state index < -0.39 is 5.63 Å². The molecule has 6 nitrogen and oxygen atoms in total. The summed E-state index contributed by atoms with van der Waals surface area (Å²) in [5.74, 6) is 0.554. The van der Waals surface area contributed by atoms with Crippen LogP contribution in [0.4, 0.5) is 0 Å². The molecule has 0 radical (unpaired) electrons. The lowest BCUT2D eigenvalue weighted by Gasteiger charge is -2.16. The first-order valence-electron chi connectivity index (χ1n) is 7.41. The fourth-order valence-corrected chi connectivity index (χ4v) is 2.74. The van der Waals surface area contributed by atoms with Gasteiger partial charge in [-0.1, -0.05) is 11.6 Å². The lowest BCUT2D eigenvalue weighted by atomic mass is 10.1. The maximum absolute atomic E-state index is 11.7. The summed E-state index contributed by atoms with van der Waals surface area (Å²) in [6.07, 6.45) is 2.03. The Balaban J connectivity index is 1.91.